The molecular formula is C26H23NO5S. The van der Waals surface area contributed by atoms with Crippen molar-refractivity contribution in [3.05, 3.63) is 120 Å². The summed E-state index contributed by atoms with van der Waals surface area (Å²) in [5, 5.41) is 2.80. The minimum Gasteiger partial charge on any atom is -0.489 e. The fourth-order valence-electron chi connectivity index (χ4n) is 3.26. The van der Waals surface area contributed by atoms with Crippen molar-refractivity contribution in [3.63, 3.8) is 0 Å². The summed E-state index contributed by atoms with van der Waals surface area (Å²) in [6.45, 7) is 0.658. The largest absolute Gasteiger partial charge is 0.489 e. The fraction of sp³-hybridized carbons (Fsp3) is 0.115. The second kappa shape index (κ2) is 10.2. The molecule has 0 spiro atoms. The van der Waals surface area contributed by atoms with Gasteiger partial charge in [0.1, 0.15) is 23.9 Å². The molecule has 1 heterocycles. The lowest BCUT2D eigenvalue weighted by Crippen LogP contribution is -2.22. The third-order valence-corrected chi connectivity index (χ3v) is 6.62. The van der Waals surface area contributed by atoms with Gasteiger partial charge in [-0.1, -0.05) is 66.7 Å². The maximum absolute atomic E-state index is 12.6. The van der Waals surface area contributed by atoms with E-state index in [1.165, 1.54) is 24.3 Å². The Morgan fingerprint density at radius 1 is 0.818 bits per heavy atom. The van der Waals surface area contributed by atoms with E-state index in [2.05, 4.69) is 5.32 Å². The van der Waals surface area contributed by atoms with Gasteiger partial charge in [0, 0.05) is 12.1 Å². The van der Waals surface area contributed by atoms with E-state index < -0.39 is 15.7 Å². The third-order valence-electron chi connectivity index (χ3n) is 4.97. The van der Waals surface area contributed by atoms with Crippen LogP contribution in [0, 0.1) is 0 Å². The molecule has 1 N–H and O–H groups in total. The normalized spacial score (nSPS) is 11.2. The topological polar surface area (TPSA) is 85.6 Å². The number of carbonyl (C=O) groups is 1. The highest BCUT2D eigenvalue weighted by molar-refractivity contribution is 7.90. The van der Waals surface area contributed by atoms with Crippen LogP contribution in [0.25, 0.3) is 0 Å². The summed E-state index contributed by atoms with van der Waals surface area (Å²) in [5.74, 6) is 0.180. The maximum Gasteiger partial charge on any atom is 0.287 e. The van der Waals surface area contributed by atoms with Gasteiger partial charge in [0.2, 0.25) is 0 Å². The van der Waals surface area contributed by atoms with Crippen LogP contribution >= 0.6 is 0 Å². The van der Waals surface area contributed by atoms with Crippen LogP contribution in [0.5, 0.6) is 5.75 Å². The molecule has 33 heavy (non-hydrogen) atoms. The molecule has 6 nitrogen and oxygen atoms in total. The standard InChI is InChI=1S/C26H23NO5S/c28-26(25-16-15-22(32-25)19-33(29,30)23-12-5-2-6-13-23)27-17-21-11-7-8-14-24(21)31-18-20-9-3-1-4-10-20/h1-16H,17-19H2,(H,27,28). The van der Waals surface area contributed by atoms with E-state index in [1.807, 2.05) is 54.6 Å². The first-order valence-corrected chi connectivity index (χ1v) is 12.1. The van der Waals surface area contributed by atoms with Gasteiger partial charge in [-0.3, -0.25) is 4.79 Å². The van der Waals surface area contributed by atoms with Crippen LogP contribution in [-0.4, -0.2) is 14.3 Å². The van der Waals surface area contributed by atoms with Crippen molar-refractivity contribution in [3.8, 4) is 5.75 Å². The van der Waals surface area contributed by atoms with E-state index in [-0.39, 0.29) is 28.7 Å². The fourth-order valence-corrected chi connectivity index (χ4v) is 4.53. The number of hydrogen-bond acceptors (Lipinski definition) is 5. The number of rotatable bonds is 9. The lowest BCUT2D eigenvalue weighted by Gasteiger charge is -2.12. The number of para-hydroxylation sites is 1. The Bertz CT molecular complexity index is 1320. The zero-order valence-electron chi connectivity index (χ0n) is 17.8. The van der Waals surface area contributed by atoms with Crippen LogP contribution in [0.1, 0.15) is 27.4 Å². The van der Waals surface area contributed by atoms with Crippen molar-refractivity contribution in [2.24, 2.45) is 0 Å². The van der Waals surface area contributed by atoms with E-state index in [9.17, 15) is 13.2 Å². The van der Waals surface area contributed by atoms with Gasteiger partial charge >= 0.3 is 0 Å². The molecule has 0 fully saturated rings. The highest BCUT2D eigenvalue weighted by atomic mass is 32.2. The number of furan rings is 1. The number of ether oxygens (including phenoxy) is 1. The molecule has 0 bridgehead atoms. The number of benzene rings is 3. The highest BCUT2D eigenvalue weighted by Gasteiger charge is 2.19. The highest BCUT2D eigenvalue weighted by Crippen LogP contribution is 2.21. The Labute approximate surface area is 192 Å². The molecular weight excluding hydrogens is 438 g/mol. The van der Waals surface area contributed by atoms with Gasteiger partial charge in [0.05, 0.1) is 4.90 Å². The van der Waals surface area contributed by atoms with Crippen molar-refractivity contribution < 1.29 is 22.4 Å². The minimum atomic E-state index is -3.56. The SMILES string of the molecule is O=C(NCc1ccccc1OCc1ccccc1)c1ccc(CS(=O)(=O)c2ccccc2)o1. The molecule has 0 aliphatic heterocycles. The van der Waals surface area contributed by atoms with Gasteiger partial charge in [0.25, 0.3) is 5.91 Å². The summed E-state index contributed by atoms with van der Waals surface area (Å²) in [6, 6.07) is 28.4. The van der Waals surface area contributed by atoms with Gasteiger partial charge in [0.15, 0.2) is 15.6 Å². The average molecular weight is 462 g/mol. The molecule has 0 aliphatic rings. The van der Waals surface area contributed by atoms with Gasteiger partial charge < -0.3 is 14.5 Å². The summed E-state index contributed by atoms with van der Waals surface area (Å²) in [6.07, 6.45) is 0. The predicted octanol–water partition coefficient (Wildman–Crippen LogP) is 4.76. The van der Waals surface area contributed by atoms with Crippen molar-refractivity contribution >= 4 is 15.7 Å². The van der Waals surface area contributed by atoms with E-state index in [1.54, 1.807) is 18.2 Å². The Morgan fingerprint density at radius 2 is 1.48 bits per heavy atom. The minimum absolute atomic E-state index is 0.0518. The number of hydrogen-bond donors (Lipinski definition) is 1. The van der Waals surface area contributed by atoms with Crippen LogP contribution in [0.3, 0.4) is 0 Å². The summed E-state index contributed by atoms with van der Waals surface area (Å²) in [4.78, 5) is 12.8. The lowest BCUT2D eigenvalue weighted by atomic mass is 10.2. The van der Waals surface area contributed by atoms with E-state index in [4.69, 9.17) is 9.15 Å². The Hall–Kier alpha value is -3.84. The first-order chi connectivity index (χ1) is 16.0. The molecule has 168 valence electrons. The molecule has 4 aromatic rings. The zero-order valence-corrected chi connectivity index (χ0v) is 18.6. The van der Waals surface area contributed by atoms with E-state index in [0.29, 0.717) is 12.4 Å². The Morgan fingerprint density at radius 3 is 2.24 bits per heavy atom. The predicted molar refractivity (Wildman–Crippen MR) is 124 cm³/mol. The quantitative estimate of drug-likeness (QED) is 0.388. The van der Waals surface area contributed by atoms with Crippen molar-refractivity contribution in [1.29, 1.82) is 0 Å². The van der Waals surface area contributed by atoms with Crippen LogP contribution in [0.4, 0.5) is 0 Å². The molecule has 0 atom stereocenters. The third kappa shape index (κ3) is 5.90. The molecule has 0 aliphatic carbocycles. The van der Waals surface area contributed by atoms with E-state index >= 15 is 0 Å². The summed E-state index contributed by atoms with van der Waals surface area (Å²) in [7, 11) is -3.56. The zero-order chi connectivity index (χ0) is 23.1. The monoisotopic (exact) mass is 461 g/mol. The van der Waals surface area contributed by atoms with Gasteiger partial charge in [-0.05, 0) is 35.9 Å². The van der Waals surface area contributed by atoms with Crippen LogP contribution < -0.4 is 10.1 Å². The first kappa shape index (κ1) is 22.4. The molecule has 3 aromatic carbocycles. The molecule has 0 unspecified atom stereocenters. The average Bonchev–Trinajstić information content (AvgIpc) is 3.31. The maximum atomic E-state index is 12.6. The Balaban J connectivity index is 1.37. The molecule has 0 radical (unpaired) electrons. The van der Waals surface area contributed by atoms with Crippen molar-refractivity contribution in [2.75, 3.05) is 0 Å². The molecule has 0 saturated heterocycles. The first-order valence-electron chi connectivity index (χ1n) is 10.4. The number of sulfone groups is 1. The summed E-state index contributed by atoms with van der Waals surface area (Å²) in [5.41, 5.74) is 1.87. The summed E-state index contributed by atoms with van der Waals surface area (Å²) >= 11 is 0. The molecule has 1 aromatic heterocycles. The summed E-state index contributed by atoms with van der Waals surface area (Å²) < 4.78 is 36.5. The lowest BCUT2D eigenvalue weighted by molar-refractivity contribution is 0.0921. The van der Waals surface area contributed by atoms with Gasteiger partial charge in [-0.15, -0.1) is 0 Å². The smallest absolute Gasteiger partial charge is 0.287 e. The van der Waals surface area contributed by atoms with Gasteiger partial charge in [-0.2, -0.15) is 0 Å². The Kier molecular flexibility index (Phi) is 6.90. The number of nitrogens with one attached hydrogen (secondary N) is 1. The molecule has 4 rings (SSSR count). The number of amides is 1. The van der Waals surface area contributed by atoms with Crippen LogP contribution in [-0.2, 0) is 28.7 Å². The number of carbonyl (C=O) groups excluding carboxylic acids is 1. The van der Waals surface area contributed by atoms with Gasteiger partial charge in [-0.25, -0.2) is 8.42 Å². The second-order valence-corrected chi connectivity index (χ2v) is 9.39. The van der Waals surface area contributed by atoms with Crippen LogP contribution in [0.2, 0.25) is 0 Å². The van der Waals surface area contributed by atoms with Crippen molar-refractivity contribution in [2.45, 2.75) is 23.8 Å². The van der Waals surface area contributed by atoms with Crippen molar-refractivity contribution in [1.82, 2.24) is 5.32 Å². The second-order valence-electron chi connectivity index (χ2n) is 7.40. The van der Waals surface area contributed by atoms with E-state index in [0.717, 1.165) is 11.1 Å². The van der Waals surface area contributed by atoms with Crippen LogP contribution in [0.15, 0.2) is 106 Å². The molecule has 0 saturated carbocycles. The molecule has 1 amide bonds. The molecule has 7 heteroatoms.